The third-order valence-corrected chi connectivity index (χ3v) is 8.71. The highest BCUT2D eigenvalue weighted by molar-refractivity contribution is 9.09. The lowest BCUT2D eigenvalue weighted by atomic mass is 10.1. The fraction of sp³-hybridized carbons (Fsp3) is 0.471. The molecule has 2 amide bonds. The Labute approximate surface area is 284 Å². The van der Waals surface area contributed by atoms with E-state index in [9.17, 15) is 14.7 Å². The van der Waals surface area contributed by atoms with Crippen molar-refractivity contribution in [3.8, 4) is 11.5 Å². The Hall–Kier alpha value is -4.26. The number of aryl methyl sites for hydroxylation is 2. The van der Waals surface area contributed by atoms with Crippen molar-refractivity contribution in [1.29, 1.82) is 0 Å². The number of fused-ring (bicyclic) bond motifs is 2. The predicted molar refractivity (Wildman–Crippen MR) is 189 cm³/mol. The number of phenolic OH excluding ortho intramolecular Hbond substituents is 1. The van der Waals surface area contributed by atoms with Crippen molar-refractivity contribution in [3.63, 3.8) is 0 Å². The van der Waals surface area contributed by atoms with Crippen LogP contribution in [0.3, 0.4) is 0 Å². The molecule has 2 aliphatic rings. The largest absolute Gasteiger partial charge is 0.508 e. The van der Waals surface area contributed by atoms with Crippen LogP contribution in [0.5, 0.6) is 11.5 Å². The Morgan fingerprint density at radius 3 is 1.62 bits per heavy atom. The lowest BCUT2D eigenvalue weighted by Crippen LogP contribution is -2.25. The molecule has 0 atom stereocenters. The summed E-state index contributed by atoms with van der Waals surface area (Å²) in [6.07, 6.45) is 13.2. The van der Waals surface area contributed by atoms with E-state index in [0.29, 0.717) is 11.5 Å². The second-order valence-electron chi connectivity index (χ2n) is 11.8. The molecular weight excluding hydrogens is 664 g/mol. The number of amides is 2. The van der Waals surface area contributed by atoms with Crippen LogP contribution in [-0.2, 0) is 9.59 Å². The van der Waals surface area contributed by atoms with Gasteiger partial charge in [-0.05, 0) is 62.8 Å². The summed E-state index contributed by atoms with van der Waals surface area (Å²) in [5, 5.41) is 12.1. The van der Waals surface area contributed by atoms with Gasteiger partial charge in [-0.25, -0.2) is 19.9 Å². The first-order valence-corrected chi connectivity index (χ1v) is 17.2. The van der Waals surface area contributed by atoms with Gasteiger partial charge in [0, 0.05) is 49.1 Å². The fourth-order valence-electron chi connectivity index (χ4n) is 5.74. The molecule has 6 rings (SSSR count). The number of alkyl halides is 1. The maximum absolute atomic E-state index is 10.9. The zero-order valence-electron chi connectivity index (χ0n) is 27.3. The van der Waals surface area contributed by atoms with Gasteiger partial charge in [-0.15, -0.1) is 0 Å². The molecule has 5 N–H and O–H groups in total. The molecule has 4 heterocycles. The van der Waals surface area contributed by atoms with Gasteiger partial charge in [-0.2, -0.15) is 0 Å². The molecule has 0 radical (unpaired) electrons. The van der Waals surface area contributed by atoms with Gasteiger partial charge >= 0.3 is 0 Å². The van der Waals surface area contributed by atoms with Gasteiger partial charge in [-0.1, -0.05) is 41.6 Å². The Kier molecular flexibility index (Phi) is 13.3. The zero-order chi connectivity index (χ0) is 33.8. The molecule has 0 spiro atoms. The highest BCUT2D eigenvalue weighted by Gasteiger charge is 2.17. The standard InChI is InChI=1S/C17H22N4O2.C15H19N3O.C2H4BrNO/c1-12-8-13-14(9-15(12)23-10-16(18)22)19-11-20-17(13)21-6-4-2-3-5-7-21;1-11-8-12-13(9-14(11)19)16-10-17-15(12)18-6-4-2-3-5-7-18;3-1-2(4)5/h8-9,11H,2-7,10H2,1H3,(H2,18,22);8-10,19H,2-7H2,1H3;1H2,(H2,4,5). The number of ether oxygens (including phenoxy) is 1. The molecule has 2 fully saturated rings. The van der Waals surface area contributed by atoms with Crippen LogP contribution < -0.4 is 26.0 Å². The second-order valence-corrected chi connectivity index (χ2v) is 12.4. The number of halogens is 1. The number of rotatable bonds is 6. The number of hydrogen-bond acceptors (Lipinski definition) is 10. The van der Waals surface area contributed by atoms with E-state index in [1.165, 1.54) is 51.4 Å². The van der Waals surface area contributed by atoms with E-state index in [-0.39, 0.29) is 17.8 Å². The molecule has 4 aromatic rings. The molecule has 12 nitrogen and oxygen atoms in total. The smallest absolute Gasteiger partial charge is 0.255 e. The van der Waals surface area contributed by atoms with E-state index in [4.69, 9.17) is 10.5 Å². The second kappa shape index (κ2) is 17.6. The van der Waals surface area contributed by atoms with Crippen molar-refractivity contribution in [1.82, 2.24) is 19.9 Å². The third-order valence-electron chi connectivity index (χ3n) is 8.16. The maximum Gasteiger partial charge on any atom is 0.255 e. The minimum absolute atomic E-state index is 0.129. The molecule has 2 aromatic carbocycles. The summed E-state index contributed by atoms with van der Waals surface area (Å²) in [7, 11) is 0. The summed E-state index contributed by atoms with van der Waals surface area (Å²) in [6.45, 7) is 7.92. The summed E-state index contributed by atoms with van der Waals surface area (Å²) < 4.78 is 5.46. The number of aromatic hydroxyl groups is 1. The van der Waals surface area contributed by atoms with Gasteiger partial charge in [-0.3, -0.25) is 9.59 Å². The maximum atomic E-state index is 10.9. The van der Waals surface area contributed by atoms with Crippen LogP contribution in [0.25, 0.3) is 21.8 Å². The number of benzene rings is 2. The molecule has 2 aliphatic heterocycles. The van der Waals surface area contributed by atoms with Crippen LogP contribution in [-0.4, -0.2) is 75.0 Å². The van der Waals surface area contributed by atoms with E-state index >= 15 is 0 Å². The van der Waals surface area contributed by atoms with Crippen LogP contribution in [0.4, 0.5) is 11.6 Å². The van der Waals surface area contributed by atoms with Crippen LogP contribution in [0.1, 0.15) is 62.5 Å². The first-order valence-electron chi connectivity index (χ1n) is 16.1. The average molecular weight is 710 g/mol. The molecule has 0 bridgehead atoms. The zero-order valence-corrected chi connectivity index (χ0v) is 28.8. The highest BCUT2D eigenvalue weighted by atomic mass is 79.9. The van der Waals surface area contributed by atoms with Crippen molar-refractivity contribution in [2.24, 2.45) is 11.5 Å². The number of anilines is 2. The summed E-state index contributed by atoms with van der Waals surface area (Å²) in [4.78, 5) is 42.8. The van der Waals surface area contributed by atoms with Crippen molar-refractivity contribution in [2.75, 3.05) is 47.9 Å². The number of carbonyl (C=O) groups is 2. The van der Waals surface area contributed by atoms with Crippen LogP contribution in [0, 0.1) is 13.8 Å². The van der Waals surface area contributed by atoms with E-state index in [1.54, 1.807) is 18.7 Å². The first-order chi connectivity index (χ1) is 22.7. The van der Waals surface area contributed by atoms with Gasteiger partial charge in [0.05, 0.1) is 16.4 Å². The normalized spacial score (nSPS) is 15.0. The van der Waals surface area contributed by atoms with Crippen LogP contribution >= 0.6 is 15.9 Å². The number of nitrogens with zero attached hydrogens (tertiary/aromatic N) is 6. The predicted octanol–water partition coefficient (Wildman–Crippen LogP) is 5.07. The topological polar surface area (TPSA) is 174 Å². The SMILES string of the molecule is Cc1cc2c(N3CCCCCC3)ncnc2cc1O.Cc1cc2c(N3CCCCCC3)ncnc2cc1OCC(N)=O.NC(=O)CBr. The van der Waals surface area contributed by atoms with Gasteiger partial charge in [0.25, 0.3) is 5.91 Å². The molecule has 47 heavy (non-hydrogen) atoms. The van der Waals surface area contributed by atoms with E-state index in [1.807, 2.05) is 32.0 Å². The Morgan fingerprint density at radius 2 is 1.17 bits per heavy atom. The Morgan fingerprint density at radius 1 is 0.723 bits per heavy atom. The lowest BCUT2D eigenvalue weighted by molar-refractivity contribution is -0.120. The summed E-state index contributed by atoms with van der Waals surface area (Å²) in [5.41, 5.74) is 13.2. The summed E-state index contributed by atoms with van der Waals surface area (Å²) >= 11 is 2.84. The van der Waals surface area contributed by atoms with E-state index in [2.05, 4.69) is 51.4 Å². The number of phenols is 1. The lowest BCUT2D eigenvalue weighted by Gasteiger charge is -2.23. The van der Waals surface area contributed by atoms with Gasteiger partial charge in [0.15, 0.2) is 6.61 Å². The van der Waals surface area contributed by atoms with Gasteiger partial charge in [0.1, 0.15) is 35.8 Å². The summed E-state index contributed by atoms with van der Waals surface area (Å²) in [6, 6.07) is 7.61. The molecule has 252 valence electrons. The monoisotopic (exact) mass is 708 g/mol. The molecular formula is C34H45BrN8O4. The Balaban J connectivity index is 0.000000189. The molecule has 13 heteroatoms. The minimum Gasteiger partial charge on any atom is -0.508 e. The number of nitrogens with two attached hydrogens (primary N) is 2. The molecule has 2 saturated heterocycles. The van der Waals surface area contributed by atoms with Crippen molar-refractivity contribution in [2.45, 2.75) is 65.2 Å². The van der Waals surface area contributed by atoms with Crippen molar-refractivity contribution < 1.29 is 19.4 Å². The van der Waals surface area contributed by atoms with Crippen LogP contribution in [0.2, 0.25) is 0 Å². The number of hydrogen-bond donors (Lipinski definition) is 3. The number of carbonyl (C=O) groups excluding carboxylic acids is 2. The minimum atomic E-state index is -0.488. The van der Waals surface area contributed by atoms with Crippen molar-refractivity contribution in [3.05, 3.63) is 48.0 Å². The molecule has 0 unspecified atom stereocenters. The quantitative estimate of drug-likeness (QED) is 0.229. The van der Waals surface area contributed by atoms with Gasteiger partial charge < -0.3 is 31.1 Å². The van der Waals surface area contributed by atoms with E-state index < -0.39 is 5.91 Å². The van der Waals surface area contributed by atoms with Crippen LogP contribution in [0.15, 0.2) is 36.9 Å². The Bertz CT molecular complexity index is 1650. The average Bonchev–Trinajstić information content (AvgIpc) is 3.51. The molecule has 0 saturated carbocycles. The summed E-state index contributed by atoms with van der Waals surface area (Å²) in [5.74, 6) is 2.11. The van der Waals surface area contributed by atoms with E-state index in [0.717, 1.165) is 70.7 Å². The van der Waals surface area contributed by atoms with Crippen molar-refractivity contribution >= 4 is 61.2 Å². The number of aromatic nitrogens is 4. The molecule has 0 aliphatic carbocycles. The number of primary amides is 2. The third kappa shape index (κ3) is 10.1. The highest BCUT2D eigenvalue weighted by Crippen LogP contribution is 2.31. The fourth-order valence-corrected chi connectivity index (χ4v) is 5.74. The van der Waals surface area contributed by atoms with Gasteiger partial charge in [0.2, 0.25) is 5.91 Å². The molecule has 2 aromatic heterocycles. The first kappa shape index (κ1) is 35.6.